The molecule has 0 radical (unpaired) electrons. The molecule has 0 aliphatic rings. The molecule has 0 spiro atoms. The Bertz CT molecular complexity index is 169. The van der Waals surface area contributed by atoms with E-state index in [0.717, 1.165) is 6.42 Å². The van der Waals surface area contributed by atoms with Gasteiger partial charge in [0.2, 0.25) is 0 Å². The van der Waals surface area contributed by atoms with Crippen molar-refractivity contribution in [1.29, 1.82) is 0 Å². The number of rotatable bonds is 8. The standard InChI is InChI=1S/C12H23BrO2/c1-4-6-7-11(5-2)9-15-12(14)8-10(3)13/h10-11H,4-9H2,1-3H3. The summed E-state index contributed by atoms with van der Waals surface area (Å²) in [7, 11) is 0. The molecule has 0 aliphatic carbocycles. The van der Waals surface area contributed by atoms with Crippen LogP contribution in [0.15, 0.2) is 0 Å². The molecule has 0 heterocycles. The van der Waals surface area contributed by atoms with Crippen LogP contribution >= 0.6 is 15.9 Å². The Labute approximate surface area is 102 Å². The third-order valence-electron chi connectivity index (χ3n) is 2.47. The molecule has 0 fully saturated rings. The fourth-order valence-corrected chi connectivity index (χ4v) is 1.66. The third kappa shape index (κ3) is 8.91. The summed E-state index contributed by atoms with van der Waals surface area (Å²) in [4.78, 5) is 11.5. The smallest absolute Gasteiger partial charge is 0.306 e. The van der Waals surface area contributed by atoms with Crippen molar-refractivity contribution in [1.82, 2.24) is 0 Å². The fourth-order valence-electron chi connectivity index (χ4n) is 1.40. The van der Waals surface area contributed by atoms with Crippen molar-refractivity contribution < 1.29 is 9.53 Å². The quantitative estimate of drug-likeness (QED) is 0.497. The molecule has 0 aliphatic heterocycles. The molecule has 0 aromatic heterocycles. The predicted molar refractivity (Wildman–Crippen MR) is 67.3 cm³/mol. The molecular weight excluding hydrogens is 256 g/mol. The first kappa shape index (κ1) is 14.9. The summed E-state index contributed by atoms with van der Waals surface area (Å²) in [6.07, 6.45) is 5.17. The summed E-state index contributed by atoms with van der Waals surface area (Å²) in [5.41, 5.74) is 0. The predicted octanol–water partition coefficient (Wildman–Crippen LogP) is 3.92. The average molecular weight is 279 g/mol. The number of carbonyl (C=O) groups is 1. The zero-order valence-electron chi connectivity index (χ0n) is 10.1. The number of carbonyl (C=O) groups excluding carboxylic acids is 1. The van der Waals surface area contributed by atoms with Gasteiger partial charge in [-0.1, -0.05) is 56.0 Å². The minimum absolute atomic E-state index is 0.0886. The SMILES string of the molecule is CCCCC(CC)COC(=O)CC(C)Br. The maximum atomic E-state index is 11.3. The Hall–Kier alpha value is -0.0500. The van der Waals surface area contributed by atoms with Crippen molar-refractivity contribution in [2.75, 3.05) is 6.61 Å². The summed E-state index contributed by atoms with van der Waals surface area (Å²) >= 11 is 3.34. The number of alkyl halides is 1. The second-order valence-electron chi connectivity index (χ2n) is 4.08. The molecule has 2 unspecified atom stereocenters. The molecule has 2 atom stereocenters. The first-order chi connectivity index (χ1) is 7.10. The van der Waals surface area contributed by atoms with Gasteiger partial charge >= 0.3 is 5.97 Å². The molecule has 90 valence electrons. The third-order valence-corrected chi connectivity index (χ3v) is 2.79. The molecule has 15 heavy (non-hydrogen) atoms. The first-order valence-electron chi connectivity index (χ1n) is 5.89. The van der Waals surface area contributed by atoms with Gasteiger partial charge in [-0.05, 0) is 12.3 Å². The van der Waals surface area contributed by atoms with E-state index in [9.17, 15) is 4.79 Å². The molecule has 0 aromatic rings. The van der Waals surface area contributed by atoms with Crippen LogP contribution < -0.4 is 0 Å². The minimum Gasteiger partial charge on any atom is -0.465 e. The molecule has 0 aromatic carbocycles. The fraction of sp³-hybridized carbons (Fsp3) is 0.917. The van der Waals surface area contributed by atoms with Gasteiger partial charge in [0.1, 0.15) is 0 Å². The van der Waals surface area contributed by atoms with E-state index in [1.807, 2.05) is 6.92 Å². The molecular formula is C12H23BrO2. The van der Waals surface area contributed by atoms with Crippen LogP contribution in [0.1, 0.15) is 52.9 Å². The number of hydrogen-bond acceptors (Lipinski definition) is 2. The highest BCUT2D eigenvalue weighted by Gasteiger charge is 2.11. The summed E-state index contributed by atoms with van der Waals surface area (Å²) < 4.78 is 5.23. The largest absolute Gasteiger partial charge is 0.465 e. The maximum absolute atomic E-state index is 11.3. The number of esters is 1. The molecule has 0 N–H and O–H groups in total. The van der Waals surface area contributed by atoms with E-state index in [1.165, 1.54) is 19.3 Å². The van der Waals surface area contributed by atoms with Gasteiger partial charge < -0.3 is 4.74 Å². The van der Waals surface area contributed by atoms with Crippen molar-refractivity contribution in [3.63, 3.8) is 0 Å². The highest BCUT2D eigenvalue weighted by atomic mass is 79.9. The van der Waals surface area contributed by atoms with Crippen LogP contribution in [-0.4, -0.2) is 17.4 Å². The second-order valence-corrected chi connectivity index (χ2v) is 5.65. The van der Waals surface area contributed by atoms with E-state index in [1.54, 1.807) is 0 Å². The van der Waals surface area contributed by atoms with E-state index in [2.05, 4.69) is 29.8 Å². The van der Waals surface area contributed by atoms with Gasteiger partial charge in [-0.3, -0.25) is 4.79 Å². The van der Waals surface area contributed by atoms with Crippen LogP contribution in [0.4, 0.5) is 0 Å². The lowest BCUT2D eigenvalue weighted by Gasteiger charge is -2.14. The molecule has 0 amide bonds. The molecule has 3 heteroatoms. The number of hydrogen-bond donors (Lipinski definition) is 0. The zero-order chi connectivity index (χ0) is 11.7. The van der Waals surface area contributed by atoms with Crippen molar-refractivity contribution in [3.05, 3.63) is 0 Å². The lowest BCUT2D eigenvalue weighted by atomic mass is 10.0. The maximum Gasteiger partial charge on any atom is 0.306 e. The van der Waals surface area contributed by atoms with Gasteiger partial charge in [-0.2, -0.15) is 0 Å². The normalized spacial score (nSPS) is 14.7. The van der Waals surface area contributed by atoms with Crippen LogP contribution in [0.2, 0.25) is 0 Å². The van der Waals surface area contributed by atoms with Crippen molar-refractivity contribution in [2.45, 2.75) is 57.7 Å². The Morgan fingerprint density at radius 2 is 2.07 bits per heavy atom. The molecule has 2 nitrogen and oxygen atoms in total. The van der Waals surface area contributed by atoms with Crippen molar-refractivity contribution >= 4 is 21.9 Å². The van der Waals surface area contributed by atoms with Crippen LogP contribution in [0.25, 0.3) is 0 Å². The van der Waals surface area contributed by atoms with Crippen LogP contribution in [0.3, 0.4) is 0 Å². The number of unbranched alkanes of at least 4 members (excludes halogenated alkanes) is 1. The highest BCUT2D eigenvalue weighted by Crippen LogP contribution is 2.13. The van der Waals surface area contributed by atoms with Gasteiger partial charge in [0, 0.05) is 4.83 Å². The summed E-state index contributed by atoms with van der Waals surface area (Å²) in [6.45, 7) is 6.89. The lowest BCUT2D eigenvalue weighted by Crippen LogP contribution is -2.15. The van der Waals surface area contributed by atoms with Crippen LogP contribution in [0, 0.1) is 5.92 Å². The van der Waals surface area contributed by atoms with E-state index in [-0.39, 0.29) is 10.8 Å². The monoisotopic (exact) mass is 278 g/mol. The van der Waals surface area contributed by atoms with E-state index in [0.29, 0.717) is 18.9 Å². The van der Waals surface area contributed by atoms with E-state index >= 15 is 0 Å². The number of halogens is 1. The number of ether oxygens (including phenoxy) is 1. The van der Waals surface area contributed by atoms with Gasteiger partial charge in [-0.15, -0.1) is 0 Å². The minimum atomic E-state index is -0.0886. The van der Waals surface area contributed by atoms with Gasteiger partial charge in [-0.25, -0.2) is 0 Å². The average Bonchev–Trinajstić information content (AvgIpc) is 2.17. The lowest BCUT2D eigenvalue weighted by molar-refractivity contribution is -0.145. The van der Waals surface area contributed by atoms with Crippen molar-refractivity contribution in [3.8, 4) is 0 Å². The van der Waals surface area contributed by atoms with Gasteiger partial charge in [0.05, 0.1) is 13.0 Å². The van der Waals surface area contributed by atoms with Crippen molar-refractivity contribution in [2.24, 2.45) is 5.92 Å². The molecule has 0 bridgehead atoms. The van der Waals surface area contributed by atoms with Crippen LogP contribution in [-0.2, 0) is 9.53 Å². The van der Waals surface area contributed by atoms with E-state index < -0.39 is 0 Å². The topological polar surface area (TPSA) is 26.3 Å². The summed E-state index contributed by atoms with van der Waals surface area (Å²) in [6, 6.07) is 0. The second kappa shape index (κ2) is 9.20. The summed E-state index contributed by atoms with van der Waals surface area (Å²) in [5, 5.41) is 0. The van der Waals surface area contributed by atoms with Gasteiger partial charge in [0.15, 0.2) is 0 Å². The Morgan fingerprint density at radius 3 is 2.53 bits per heavy atom. The van der Waals surface area contributed by atoms with Gasteiger partial charge in [0.25, 0.3) is 0 Å². The first-order valence-corrected chi connectivity index (χ1v) is 6.81. The Kier molecular flexibility index (Phi) is 9.17. The zero-order valence-corrected chi connectivity index (χ0v) is 11.7. The molecule has 0 rings (SSSR count). The highest BCUT2D eigenvalue weighted by molar-refractivity contribution is 9.09. The summed E-state index contributed by atoms with van der Waals surface area (Å²) in [5.74, 6) is 0.453. The molecule has 0 saturated heterocycles. The Morgan fingerprint density at radius 1 is 1.40 bits per heavy atom. The molecule has 0 saturated carbocycles. The van der Waals surface area contributed by atoms with E-state index in [4.69, 9.17) is 4.74 Å². The Balaban J connectivity index is 3.65. The van der Waals surface area contributed by atoms with Crippen LogP contribution in [0.5, 0.6) is 0 Å².